The van der Waals surface area contributed by atoms with Crippen molar-refractivity contribution in [1.82, 2.24) is 15.4 Å². The van der Waals surface area contributed by atoms with E-state index in [1.807, 2.05) is 6.92 Å². The van der Waals surface area contributed by atoms with Crippen molar-refractivity contribution in [1.29, 1.82) is 0 Å². The number of carbonyl (C=O) groups excluding carboxylic acids is 2. The number of rotatable bonds is 7. The first-order chi connectivity index (χ1) is 10.7. The highest BCUT2D eigenvalue weighted by atomic mass is 79.9. The van der Waals surface area contributed by atoms with Gasteiger partial charge in [-0.2, -0.15) is 0 Å². The lowest BCUT2D eigenvalue weighted by molar-refractivity contribution is -0.122. The molecule has 2 amide bonds. The molecule has 0 unspecified atom stereocenters. The summed E-state index contributed by atoms with van der Waals surface area (Å²) in [7, 11) is -2.37. The van der Waals surface area contributed by atoms with Crippen molar-refractivity contribution >= 4 is 37.8 Å². The van der Waals surface area contributed by atoms with Gasteiger partial charge in [-0.1, -0.05) is 6.92 Å². The molecule has 0 spiro atoms. The Balaban J connectivity index is 2.96. The van der Waals surface area contributed by atoms with Gasteiger partial charge in [0.05, 0.1) is 10.5 Å². The third-order valence-corrected chi connectivity index (χ3v) is 5.16. The van der Waals surface area contributed by atoms with Crippen LogP contribution in [-0.2, 0) is 14.8 Å². The van der Waals surface area contributed by atoms with Crippen LogP contribution >= 0.6 is 15.9 Å². The summed E-state index contributed by atoms with van der Waals surface area (Å²) < 4.78 is 26.2. The van der Waals surface area contributed by atoms with E-state index in [0.717, 1.165) is 6.42 Å². The van der Waals surface area contributed by atoms with E-state index in [4.69, 9.17) is 0 Å². The standard InChI is InChI=1S/C14H20BrN3O4S/c1-4-7-17-13(19)9(2)18-14(20)11-8-10(5-6-12(11)15)23(21,22)16-3/h5-6,8-9,16H,4,7H2,1-3H3,(H,17,19)(H,18,20)/t9-/m0/s1. The van der Waals surface area contributed by atoms with E-state index in [0.29, 0.717) is 11.0 Å². The molecule has 23 heavy (non-hydrogen) atoms. The molecule has 1 rings (SSSR count). The predicted octanol–water partition coefficient (Wildman–Crippen LogP) is 1.00. The zero-order chi connectivity index (χ0) is 17.6. The summed E-state index contributed by atoms with van der Waals surface area (Å²) in [6.45, 7) is 4.01. The lowest BCUT2D eigenvalue weighted by atomic mass is 10.2. The van der Waals surface area contributed by atoms with Crippen LogP contribution in [0.3, 0.4) is 0 Å². The van der Waals surface area contributed by atoms with Crippen molar-refractivity contribution in [2.45, 2.75) is 31.2 Å². The molecule has 128 valence electrons. The van der Waals surface area contributed by atoms with Crippen molar-refractivity contribution in [3.63, 3.8) is 0 Å². The maximum atomic E-state index is 12.3. The van der Waals surface area contributed by atoms with Gasteiger partial charge in [0.1, 0.15) is 6.04 Å². The summed E-state index contributed by atoms with van der Waals surface area (Å²) in [5.74, 6) is -0.834. The number of benzene rings is 1. The van der Waals surface area contributed by atoms with Crippen LogP contribution in [-0.4, -0.2) is 39.9 Å². The molecule has 3 N–H and O–H groups in total. The third-order valence-electron chi connectivity index (χ3n) is 3.05. The van der Waals surface area contributed by atoms with Crippen LogP contribution in [0.2, 0.25) is 0 Å². The molecular weight excluding hydrogens is 386 g/mol. The largest absolute Gasteiger partial charge is 0.354 e. The molecule has 1 atom stereocenters. The van der Waals surface area contributed by atoms with Gasteiger partial charge in [-0.15, -0.1) is 0 Å². The molecule has 0 bridgehead atoms. The highest BCUT2D eigenvalue weighted by Gasteiger charge is 2.20. The fourth-order valence-electron chi connectivity index (χ4n) is 1.70. The van der Waals surface area contributed by atoms with Crippen LogP contribution < -0.4 is 15.4 Å². The zero-order valence-corrected chi connectivity index (χ0v) is 15.5. The van der Waals surface area contributed by atoms with Gasteiger partial charge in [0, 0.05) is 11.0 Å². The van der Waals surface area contributed by atoms with Crippen LogP contribution in [0.25, 0.3) is 0 Å². The number of sulfonamides is 1. The Hall–Kier alpha value is -1.45. The first-order valence-corrected chi connectivity index (χ1v) is 9.32. The second kappa shape index (κ2) is 8.42. The number of halogens is 1. The van der Waals surface area contributed by atoms with Crippen molar-refractivity contribution in [2.24, 2.45) is 0 Å². The topological polar surface area (TPSA) is 104 Å². The van der Waals surface area contributed by atoms with Crippen molar-refractivity contribution in [3.05, 3.63) is 28.2 Å². The molecule has 0 heterocycles. The molecule has 0 aliphatic rings. The predicted molar refractivity (Wildman–Crippen MR) is 90.6 cm³/mol. The summed E-state index contributed by atoms with van der Waals surface area (Å²) in [5.41, 5.74) is 0.136. The second-order valence-corrected chi connectivity index (χ2v) is 7.58. The maximum absolute atomic E-state index is 12.3. The van der Waals surface area contributed by atoms with Crippen LogP contribution in [0.4, 0.5) is 0 Å². The summed E-state index contributed by atoms with van der Waals surface area (Å²) >= 11 is 3.21. The minimum Gasteiger partial charge on any atom is -0.354 e. The number of carbonyl (C=O) groups is 2. The van der Waals surface area contributed by atoms with Gasteiger partial charge < -0.3 is 10.6 Å². The SMILES string of the molecule is CCCNC(=O)[C@H](C)NC(=O)c1cc(S(=O)(=O)NC)ccc1Br. The lowest BCUT2D eigenvalue weighted by Crippen LogP contribution is -2.45. The lowest BCUT2D eigenvalue weighted by Gasteiger charge is -2.15. The fraction of sp³-hybridized carbons (Fsp3) is 0.429. The average Bonchev–Trinajstić information content (AvgIpc) is 2.52. The number of hydrogen-bond donors (Lipinski definition) is 3. The maximum Gasteiger partial charge on any atom is 0.253 e. The van der Waals surface area contributed by atoms with E-state index < -0.39 is 22.0 Å². The first kappa shape index (κ1) is 19.6. The van der Waals surface area contributed by atoms with Gasteiger partial charge in [0.15, 0.2) is 0 Å². The minimum absolute atomic E-state index is 0.0311. The van der Waals surface area contributed by atoms with Crippen molar-refractivity contribution in [3.8, 4) is 0 Å². The zero-order valence-electron chi connectivity index (χ0n) is 13.1. The molecule has 1 aromatic rings. The van der Waals surface area contributed by atoms with Gasteiger partial charge in [0.25, 0.3) is 5.91 Å². The molecular formula is C14H20BrN3O4S. The molecule has 9 heteroatoms. The Morgan fingerprint density at radius 1 is 1.30 bits per heavy atom. The van der Waals surface area contributed by atoms with Gasteiger partial charge in [-0.3, -0.25) is 9.59 Å². The molecule has 0 aromatic heterocycles. The van der Waals surface area contributed by atoms with Crippen molar-refractivity contribution < 1.29 is 18.0 Å². The monoisotopic (exact) mass is 405 g/mol. The van der Waals surface area contributed by atoms with Crippen LogP contribution in [0.15, 0.2) is 27.6 Å². The van der Waals surface area contributed by atoms with Crippen LogP contribution in [0.1, 0.15) is 30.6 Å². The van der Waals surface area contributed by atoms with E-state index in [2.05, 4.69) is 31.3 Å². The normalized spacial score (nSPS) is 12.5. The minimum atomic E-state index is -3.66. The van der Waals surface area contributed by atoms with Gasteiger partial charge in [-0.25, -0.2) is 13.1 Å². The molecule has 0 saturated carbocycles. The van der Waals surface area contributed by atoms with E-state index in [9.17, 15) is 18.0 Å². The fourth-order valence-corrected chi connectivity index (χ4v) is 2.89. The van der Waals surface area contributed by atoms with E-state index >= 15 is 0 Å². The summed E-state index contributed by atoms with van der Waals surface area (Å²) in [4.78, 5) is 24.0. The van der Waals surface area contributed by atoms with E-state index in [-0.39, 0.29) is 16.4 Å². The number of nitrogens with one attached hydrogen (secondary N) is 3. The molecule has 1 aromatic carbocycles. The van der Waals surface area contributed by atoms with Crippen LogP contribution in [0, 0.1) is 0 Å². The highest BCUT2D eigenvalue weighted by Crippen LogP contribution is 2.21. The summed E-state index contributed by atoms with van der Waals surface area (Å²) in [6, 6.07) is 3.37. The Morgan fingerprint density at radius 3 is 2.52 bits per heavy atom. The summed E-state index contributed by atoms with van der Waals surface area (Å²) in [5, 5.41) is 5.22. The number of amides is 2. The van der Waals surface area contributed by atoms with Gasteiger partial charge in [0.2, 0.25) is 15.9 Å². The third kappa shape index (κ3) is 5.29. The molecule has 0 radical (unpaired) electrons. The second-order valence-electron chi connectivity index (χ2n) is 4.84. The Morgan fingerprint density at radius 2 is 1.96 bits per heavy atom. The molecule has 7 nitrogen and oxygen atoms in total. The van der Waals surface area contributed by atoms with Crippen molar-refractivity contribution in [2.75, 3.05) is 13.6 Å². The first-order valence-electron chi connectivity index (χ1n) is 7.04. The van der Waals surface area contributed by atoms with Crippen LogP contribution in [0.5, 0.6) is 0 Å². The molecule has 0 fully saturated rings. The van der Waals surface area contributed by atoms with E-state index in [1.165, 1.54) is 25.2 Å². The van der Waals surface area contributed by atoms with Gasteiger partial charge in [-0.05, 0) is 54.5 Å². The Kier molecular flexibility index (Phi) is 7.17. The molecule has 0 aliphatic carbocycles. The highest BCUT2D eigenvalue weighted by molar-refractivity contribution is 9.10. The Labute approximate surface area is 144 Å². The smallest absolute Gasteiger partial charge is 0.253 e. The average molecular weight is 406 g/mol. The Bertz CT molecular complexity index is 691. The van der Waals surface area contributed by atoms with Gasteiger partial charge >= 0.3 is 0 Å². The number of hydrogen-bond acceptors (Lipinski definition) is 4. The van der Waals surface area contributed by atoms with E-state index in [1.54, 1.807) is 6.92 Å². The molecule has 0 saturated heterocycles. The summed E-state index contributed by atoms with van der Waals surface area (Å²) in [6.07, 6.45) is 0.794. The molecule has 0 aliphatic heterocycles. The quantitative estimate of drug-likeness (QED) is 0.629.